The minimum absolute atomic E-state index is 0.0690. The van der Waals surface area contributed by atoms with E-state index >= 15 is 0 Å². The molecule has 1 aromatic carbocycles. The Morgan fingerprint density at radius 3 is 2.68 bits per heavy atom. The van der Waals surface area contributed by atoms with Gasteiger partial charge in [-0.25, -0.2) is 0 Å². The van der Waals surface area contributed by atoms with E-state index in [1.54, 1.807) is 19.2 Å². The first-order chi connectivity index (χ1) is 12.0. The van der Waals surface area contributed by atoms with Gasteiger partial charge in [-0.1, -0.05) is 26.0 Å². The summed E-state index contributed by atoms with van der Waals surface area (Å²) in [7, 11) is 1.55. The number of rotatable bonds is 5. The van der Waals surface area contributed by atoms with E-state index in [0.29, 0.717) is 17.1 Å². The SMILES string of the molecule is COc1c(CNC(=O)c2ccc(C(C)C)[nH]c2=O)oc2ccccc12. The Morgan fingerprint density at radius 2 is 2.00 bits per heavy atom. The number of para-hydroxylation sites is 1. The maximum absolute atomic E-state index is 12.3. The highest BCUT2D eigenvalue weighted by Crippen LogP contribution is 2.32. The minimum atomic E-state index is -0.459. The largest absolute Gasteiger partial charge is 0.492 e. The zero-order valence-electron chi connectivity index (χ0n) is 14.4. The smallest absolute Gasteiger partial charge is 0.261 e. The molecule has 0 aliphatic rings. The number of ether oxygens (including phenoxy) is 1. The van der Waals surface area contributed by atoms with E-state index in [-0.39, 0.29) is 18.0 Å². The second-order valence-corrected chi connectivity index (χ2v) is 6.05. The molecule has 0 bridgehead atoms. The molecule has 0 fully saturated rings. The molecule has 0 unspecified atom stereocenters. The number of aromatic nitrogens is 1. The quantitative estimate of drug-likeness (QED) is 0.747. The number of hydrogen-bond donors (Lipinski definition) is 2. The van der Waals surface area contributed by atoms with Gasteiger partial charge in [0, 0.05) is 5.69 Å². The van der Waals surface area contributed by atoms with E-state index in [4.69, 9.17) is 9.15 Å². The molecular formula is C19H20N2O4. The Hall–Kier alpha value is -3.02. The van der Waals surface area contributed by atoms with Crippen LogP contribution < -0.4 is 15.6 Å². The molecule has 6 nitrogen and oxygen atoms in total. The minimum Gasteiger partial charge on any atom is -0.492 e. The van der Waals surface area contributed by atoms with Gasteiger partial charge in [0.2, 0.25) is 0 Å². The fourth-order valence-electron chi connectivity index (χ4n) is 2.67. The summed E-state index contributed by atoms with van der Waals surface area (Å²) >= 11 is 0. The van der Waals surface area contributed by atoms with Crippen molar-refractivity contribution >= 4 is 16.9 Å². The summed E-state index contributed by atoms with van der Waals surface area (Å²) in [5.41, 5.74) is 1.14. The molecule has 0 saturated carbocycles. The van der Waals surface area contributed by atoms with Gasteiger partial charge in [0.15, 0.2) is 11.5 Å². The number of hydrogen-bond acceptors (Lipinski definition) is 4. The fourth-order valence-corrected chi connectivity index (χ4v) is 2.67. The third kappa shape index (κ3) is 3.28. The average molecular weight is 340 g/mol. The molecule has 0 saturated heterocycles. The number of H-pyrrole nitrogens is 1. The van der Waals surface area contributed by atoms with E-state index < -0.39 is 11.5 Å². The summed E-state index contributed by atoms with van der Waals surface area (Å²) in [4.78, 5) is 27.2. The predicted molar refractivity (Wildman–Crippen MR) is 95.1 cm³/mol. The molecule has 2 N–H and O–H groups in total. The average Bonchev–Trinajstić information content (AvgIpc) is 2.96. The van der Waals surface area contributed by atoms with Crippen molar-refractivity contribution in [3.05, 3.63) is 63.8 Å². The number of benzene rings is 1. The van der Waals surface area contributed by atoms with Crippen LogP contribution in [0.25, 0.3) is 11.0 Å². The third-order valence-corrected chi connectivity index (χ3v) is 4.03. The molecule has 3 aromatic rings. The van der Waals surface area contributed by atoms with Crippen molar-refractivity contribution in [2.75, 3.05) is 7.11 Å². The van der Waals surface area contributed by atoms with Crippen molar-refractivity contribution in [2.24, 2.45) is 0 Å². The van der Waals surface area contributed by atoms with Crippen molar-refractivity contribution in [2.45, 2.75) is 26.3 Å². The molecule has 130 valence electrons. The molecule has 3 rings (SSSR count). The number of nitrogens with one attached hydrogen (secondary N) is 2. The zero-order valence-corrected chi connectivity index (χ0v) is 14.4. The van der Waals surface area contributed by atoms with Crippen LogP contribution in [-0.2, 0) is 6.54 Å². The Balaban J connectivity index is 1.80. The summed E-state index contributed by atoms with van der Waals surface area (Å²) < 4.78 is 11.1. The Labute approximate surface area is 144 Å². The maximum Gasteiger partial charge on any atom is 0.261 e. The maximum atomic E-state index is 12.3. The molecule has 2 heterocycles. The van der Waals surface area contributed by atoms with Crippen LogP contribution in [-0.4, -0.2) is 18.0 Å². The Bertz CT molecular complexity index is 969. The number of fused-ring (bicyclic) bond motifs is 1. The first-order valence-corrected chi connectivity index (χ1v) is 8.07. The number of pyridine rings is 1. The summed E-state index contributed by atoms with van der Waals surface area (Å²) in [6.45, 7) is 4.07. The monoisotopic (exact) mass is 340 g/mol. The molecular weight excluding hydrogens is 320 g/mol. The number of furan rings is 1. The van der Waals surface area contributed by atoms with E-state index in [1.165, 1.54) is 0 Å². The third-order valence-electron chi connectivity index (χ3n) is 4.03. The van der Waals surface area contributed by atoms with Gasteiger partial charge in [-0.15, -0.1) is 0 Å². The van der Waals surface area contributed by atoms with Gasteiger partial charge >= 0.3 is 0 Å². The molecule has 25 heavy (non-hydrogen) atoms. The molecule has 0 radical (unpaired) electrons. The van der Waals surface area contributed by atoms with Crippen molar-refractivity contribution in [1.82, 2.24) is 10.3 Å². The fraction of sp³-hybridized carbons (Fsp3) is 0.263. The second kappa shape index (κ2) is 6.84. The van der Waals surface area contributed by atoms with Gasteiger partial charge in [0.25, 0.3) is 11.5 Å². The van der Waals surface area contributed by atoms with E-state index in [9.17, 15) is 9.59 Å². The van der Waals surface area contributed by atoms with Gasteiger partial charge in [-0.05, 0) is 30.2 Å². The van der Waals surface area contributed by atoms with Crippen LogP contribution in [0.5, 0.6) is 5.75 Å². The molecule has 0 aliphatic heterocycles. The van der Waals surface area contributed by atoms with E-state index in [2.05, 4.69) is 10.3 Å². The summed E-state index contributed by atoms with van der Waals surface area (Å²) in [6.07, 6.45) is 0. The molecule has 0 aliphatic carbocycles. The predicted octanol–water partition coefficient (Wildman–Crippen LogP) is 3.18. The normalized spacial score (nSPS) is 11.0. The van der Waals surface area contributed by atoms with Crippen molar-refractivity contribution in [3.63, 3.8) is 0 Å². The van der Waals surface area contributed by atoms with Gasteiger partial charge in [0.05, 0.1) is 19.0 Å². The Kier molecular flexibility index (Phi) is 4.61. The van der Waals surface area contributed by atoms with Crippen LogP contribution in [0.4, 0.5) is 0 Å². The van der Waals surface area contributed by atoms with E-state index in [1.807, 2.05) is 38.1 Å². The zero-order chi connectivity index (χ0) is 18.0. The lowest BCUT2D eigenvalue weighted by molar-refractivity contribution is 0.0946. The van der Waals surface area contributed by atoms with Gasteiger partial charge in [-0.3, -0.25) is 9.59 Å². The van der Waals surface area contributed by atoms with Crippen LogP contribution >= 0.6 is 0 Å². The van der Waals surface area contributed by atoms with Crippen LogP contribution in [0, 0.1) is 0 Å². The highest BCUT2D eigenvalue weighted by Gasteiger charge is 2.17. The van der Waals surface area contributed by atoms with Crippen LogP contribution in [0.1, 0.15) is 41.6 Å². The lowest BCUT2D eigenvalue weighted by Crippen LogP contribution is -2.29. The van der Waals surface area contributed by atoms with Gasteiger partial charge in [0.1, 0.15) is 11.1 Å². The van der Waals surface area contributed by atoms with Crippen LogP contribution in [0.3, 0.4) is 0 Å². The molecule has 1 amide bonds. The standard InChI is InChI=1S/C19H20N2O4/c1-11(2)14-9-8-13(19(23)21-14)18(22)20-10-16-17(24-3)12-6-4-5-7-15(12)25-16/h4-9,11H,10H2,1-3H3,(H,20,22)(H,21,23). The second-order valence-electron chi connectivity index (χ2n) is 6.05. The summed E-state index contributed by atoms with van der Waals surface area (Å²) in [6, 6.07) is 10.8. The first-order valence-electron chi connectivity index (χ1n) is 8.07. The molecule has 0 spiro atoms. The van der Waals surface area contributed by atoms with E-state index in [0.717, 1.165) is 11.1 Å². The topological polar surface area (TPSA) is 84.3 Å². The number of carbonyl (C=O) groups is 1. The number of methoxy groups -OCH3 is 1. The van der Waals surface area contributed by atoms with Crippen LogP contribution in [0.15, 0.2) is 45.6 Å². The summed E-state index contributed by atoms with van der Waals surface area (Å²) in [5.74, 6) is 0.816. The van der Waals surface area contributed by atoms with Crippen molar-refractivity contribution in [1.29, 1.82) is 0 Å². The van der Waals surface area contributed by atoms with Crippen LogP contribution in [0.2, 0.25) is 0 Å². The highest BCUT2D eigenvalue weighted by atomic mass is 16.5. The summed E-state index contributed by atoms with van der Waals surface area (Å²) in [5, 5.41) is 3.55. The number of amides is 1. The number of carbonyl (C=O) groups excluding carboxylic acids is 1. The molecule has 2 aromatic heterocycles. The van der Waals surface area contributed by atoms with Crippen molar-refractivity contribution < 1.29 is 13.9 Å². The highest BCUT2D eigenvalue weighted by molar-refractivity contribution is 5.94. The number of aromatic amines is 1. The first kappa shape index (κ1) is 16.8. The van der Waals surface area contributed by atoms with Gasteiger partial charge < -0.3 is 19.5 Å². The van der Waals surface area contributed by atoms with Gasteiger partial charge in [-0.2, -0.15) is 0 Å². The lowest BCUT2D eigenvalue weighted by atomic mass is 10.1. The Morgan fingerprint density at radius 1 is 1.24 bits per heavy atom. The molecule has 0 atom stereocenters. The lowest BCUT2D eigenvalue weighted by Gasteiger charge is -2.07. The van der Waals surface area contributed by atoms with Crippen molar-refractivity contribution in [3.8, 4) is 5.75 Å². The molecule has 6 heteroatoms.